The maximum atomic E-state index is 11.9. The molecule has 0 aromatic heterocycles. The molecule has 5 heteroatoms. The summed E-state index contributed by atoms with van der Waals surface area (Å²) < 4.78 is 11.5. The van der Waals surface area contributed by atoms with Crippen LogP contribution in [-0.4, -0.2) is 43.2 Å². The van der Waals surface area contributed by atoms with Gasteiger partial charge in [0.1, 0.15) is 11.4 Å². The number of nitrogens with zero attached hydrogens (tertiary/aromatic N) is 1. The Labute approximate surface area is 150 Å². The molecule has 0 N–H and O–H groups in total. The number of benzene rings is 1. The molecule has 24 heavy (non-hydrogen) atoms. The summed E-state index contributed by atoms with van der Waals surface area (Å²) in [5.41, 5.74) is 1.99. The van der Waals surface area contributed by atoms with Crippen LogP contribution in [0.2, 0.25) is 0 Å². The van der Waals surface area contributed by atoms with E-state index in [0.717, 1.165) is 31.6 Å². The number of carbonyl (C=O) groups is 1. The van der Waals surface area contributed by atoms with Gasteiger partial charge in [-0.25, -0.2) is 0 Å². The van der Waals surface area contributed by atoms with Crippen molar-refractivity contribution >= 4 is 18.4 Å². The first kappa shape index (κ1) is 19.1. The van der Waals surface area contributed by atoms with Gasteiger partial charge in [-0.1, -0.05) is 13.0 Å². The molecular weight excluding hydrogens is 326 g/mol. The van der Waals surface area contributed by atoms with E-state index in [1.807, 2.05) is 6.07 Å². The molecule has 0 unspecified atom stereocenters. The number of fused-ring (bicyclic) bond motifs is 4. The Morgan fingerprint density at radius 1 is 1.42 bits per heavy atom. The van der Waals surface area contributed by atoms with E-state index in [1.54, 1.807) is 7.11 Å². The summed E-state index contributed by atoms with van der Waals surface area (Å²) in [5.74, 6) is 0.677. The van der Waals surface area contributed by atoms with Crippen molar-refractivity contribution in [3.63, 3.8) is 0 Å². The van der Waals surface area contributed by atoms with Crippen molar-refractivity contribution in [1.82, 2.24) is 4.90 Å². The summed E-state index contributed by atoms with van der Waals surface area (Å²) in [6, 6.07) is 6.58. The van der Waals surface area contributed by atoms with Gasteiger partial charge in [0, 0.05) is 12.3 Å². The van der Waals surface area contributed by atoms with Gasteiger partial charge in [0.15, 0.2) is 0 Å². The van der Waals surface area contributed by atoms with Gasteiger partial charge in [-0.2, -0.15) is 0 Å². The van der Waals surface area contributed by atoms with Crippen LogP contribution in [0.4, 0.5) is 0 Å². The van der Waals surface area contributed by atoms with Crippen molar-refractivity contribution in [3.8, 4) is 5.75 Å². The molecule has 4 nitrogen and oxygen atoms in total. The molecule has 134 valence electrons. The molecule has 1 fully saturated rings. The Morgan fingerprint density at radius 3 is 2.71 bits per heavy atom. The first-order chi connectivity index (χ1) is 10.9. The number of piperidine rings is 1. The summed E-state index contributed by atoms with van der Waals surface area (Å²) >= 11 is 0. The quantitative estimate of drug-likeness (QED) is 0.781. The zero-order chi connectivity index (χ0) is 16.8. The normalized spacial score (nSPS) is 31.6. The van der Waals surface area contributed by atoms with Gasteiger partial charge >= 0.3 is 5.97 Å². The molecule has 1 aliphatic heterocycles. The number of likely N-dealkylation sites (N-methyl/N-ethyl adjacent to an activating group) is 1. The molecule has 1 heterocycles. The fourth-order valence-corrected chi connectivity index (χ4v) is 4.96. The second kappa shape index (κ2) is 6.57. The first-order valence-electron chi connectivity index (χ1n) is 8.45. The molecule has 0 radical (unpaired) electrons. The lowest BCUT2D eigenvalue weighted by molar-refractivity contribution is -0.188. The number of rotatable bonds is 3. The zero-order valence-corrected chi connectivity index (χ0v) is 16.0. The van der Waals surface area contributed by atoms with Gasteiger partial charge in [-0.05, 0) is 63.0 Å². The fraction of sp³-hybridized carbons (Fsp3) is 0.632. The number of ether oxygens (including phenoxy) is 2. The van der Waals surface area contributed by atoms with Crippen LogP contribution < -0.4 is 4.74 Å². The number of carbonyl (C=O) groups excluding carboxylic acids is 1. The summed E-state index contributed by atoms with van der Waals surface area (Å²) in [6.45, 7) is 6.87. The Hall–Kier alpha value is -1.26. The minimum atomic E-state index is -0.514. The lowest BCUT2D eigenvalue weighted by Crippen LogP contribution is -2.70. The minimum absolute atomic E-state index is 0. The summed E-state index contributed by atoms with van der Waals surface area (Å²) in [4.78, 5) is 14.2. The van der Waals surface area contributed by atoms with Crippen LogP contribution in [0.3, 0.4) is 0 Å². The van der Waals surface area contributed by atoms with Crippen LogP contribution in [0.25, 0.3) is 0 Å². The van der Waals surface area contributed by atoms with Crippen molar-refractivity contribution < 1.29 is 14.3 Å². The van der Waals surface area contributed by atoms with Crippen LogP contribution in [0.1, 0.15) is 44.7 Å². The minimum Gasteiger partial charge on any atom is -0.497 e. The molecule has 3 rings (SSSR count). The van der Waals surface area contributed by atoms with Gasteiger partial charge < -0.3 is 9.47 Å². The number of methoxy groups -OCH3 is 1. The first-order valence-corrected chi connectivity index (χ1v) is 8.45. The molecule has 1 aliphatic carbocycles. The molecular formula is C19H28ClNO3. The van der Waals surface area contributed by atoms with Gasteiger partial charge in [-0.3, -0.25) is 9.69 Å². The Kier molecular flexibility index (Phi) is 5.22. The third-order valence-corrected chi connectivity index (χ3v) is 6.21. The molecule has 0 spiro atoms. The fourth-order valence-electron chi connectivity index (χ4n) is 4.96. The van der Waals surface area contributed by atoms with Gasteiger partial charge in [0.2, 0.25) is 0 Å². The van der Waals surface area contributed by atoms with Gasteiger partial charge in [-0.15, -0.1) is 12.4 Å². The predicted octanol–water partition coefficient (Wildman–Crippen LogP) is 3.35. The standard InChI is InChI=1S/C19H27NO3.ClH/c1-6-19-9-10-20(4)17(18(19,3)23-13(2)21)11-14-7-8-15(22-5)12-16(14)19;/h7-8,12,17H,6,9-11H2,1-5H3;1H/t17-,18+,19-;/m0./s1. The van der Waals surface area contributed by atoms with Crippen LogP contribution in [0.5, 0.6) is 5.75 Å². The van der Waals surface area contributed by atoms with E-state index in [0.29, 0.717) is 0 Å². The summed E-state index contributed by atoms with van der Waals surface area (Å²) in [5, 5.41) is 0. The highest BCUT2D eigenvalue weighted by molar-refractivity contribution is 5.85. The molecule has 2 aliphatic rings. The van der Waals surface area contributed by atoms with E-state index in [1.165, 1.54) is 18.1 Å². The van der Waals surface area contributed by atoms with Crippen molar-refractivity contribution in [3.05, 3.63) is 29.3 Å². The Morgan fingerprint density at radius 2 is 2.12 bits per heavy atom. The number of hydrogen-bond acceptors (Lipinski definition) is 4. The molecule has 0 saturated carbocycles. The van der Waals surface area contributed by atoms with E-state index in [-0.39, 0.29) is 29.8 Å². The molecule has 1 saturated heterocycles. The summed E-state index contributed by atoms with van der Waals surface area (Å²) in [6.07, 6.45) is 2.84. The smallest absolute Gasteiger partial charge is 0.303 e. The van der Waals surface area contributed by atoms with Crippen molar-refractivity contribution in [2.24, 2.45) is 0 Å². The largest absolute Gasteiger partial charge is 0.497 e. The van der Waals surface area contributed by atoms with E-state index in [2.05, 4.69) is 37.9 Å². The van der Waals surface area contributed by atoms with Gasteiger partial charge in [0.05, 0.1) is 13.2 Å². The highest BCUT2D eigenvalue weighted by Gasteiger charge is 2.61. The van der Waals surface area contributed by atoms with E-state index >= 15 is 0 Å². The van der Waals surface area contributed by atoms with Crippen LogP contribution >= 0.6 is 12.4 Å². The number of esters is 1. The van der Waals surface area contributed by atoms with Gasteiger partial charge in [0.25, 0.3) is 0 Å². The van der Waals surface area contributed by atoms with Crippen LogP contribution in [0, 0.1) is 0 Å². The highest BCUT2D eigenvalue weighted by atomic mass is 35.5. The molecule has 0 amide bonds. The zero-order valence-electron chi connectivity index (χ0n) is 15.2. The molecule has 1 aromatic rings. The third kappa shape index (κ3) is 2.51. The topological polar surface area (TPSA) is 38.8 Å². The summed E-state index contributed by atoms with van der Waals surface area (Å²) in [7, 11) is 3.84. The maximum absolute atomic E-state index is 11.9. The van der Waals surface area contributed by atoms with Crippen molar-refractivity contribution in [2.45, 2.75) is 57.1 Å². The average molecular weight is 354 g/mol. The third-order valence-electron chi connectivity index (χ3n) is 6.21. The maximum Gasteiger partial charge on any atom is 0.303 e. The molecule has 1 aromatic carbocycles. The van der Waals surface area contributed by atoms with E-state index in [9.17, 15) is 4.79 Å². The van der Waals surface area contributed by atoms with Crippen molar-refractivity contribution in [2.75, 3.05) is 20.7 Å². The number of hydrogen-bond donors (Lipinski definition) is 0. The Balaban J connectivity index is 0.00000208. The lowest BCUT2D eigenvalue weighted by Gasteiger charge is -2.61. The molecule has 2 bridgehead atoms. The highest BCUT2D eigenvalue weighted by Crippen LogP contribution is 2.55. The van der Waals surface area contributed by atoms with Crippen LogP contribution in [0.15, 0.2) is 18.2 Å². The van der Waals surface area contributed by atoms with Crippen LogP contribution in [-0.2, 0) is 21.4 Å². The number of likely N-dealkylation sites (tertiary alicyclic amines) is 1. The lowest BCUT2D eigenvalue weighted by atomic mass is 9.54. The Bertz CT molecular complexity index is 635. The SMILES string of the molecule is CC[C@]12CCN(C)[C@@H](Cc3ccc(OC)cc31)[C@@]2(C)OC(C)=O.Cl. The second-order valence-electron chi connectivity index (χ2n) is 7.11. The average Bonchev–Trinajstić information content (AvgIpc) is 2.50. The van der Waals surface area contributed by atoms with Crippen molar-refractivity contribution in [1.29, 1.82) is 0 Å². The molecule has 3 atom stereocenters. The van der Waals surface area contributed by atoms with E-state index in [4.69, 9.17) is 9.47 Å². The monoisotopic (exact) mass is 353 g/mol. The predicted molar refractivity (Wildman–Crippen MR) is 97.1 cm³/mol. The second-order valence-corrected chi connectivity index (χ2v) is 7.11. The van der Waals surface area contributed by atoms with E-state index < -0.39 is 5.60 Å². The number of halogens is 1.